The second kappa shape index (κ2) is 7.45. The number of rotatable bonds is 5. The topological polar surface area (TPSA) is 116 Å². The van der Waals surface area contributed by atoms with E-state index in [2.05, 4.69) is 9.71 Å². The average Bonchev–Trinajstić information content (AvgIpc) is 2.89. The molecule has 8 nitrogen and oxygen atoms in total. The minimum Gasteiger partial charge on any atom is -0.480 e. The molecule has 2 aliphatic rings. The van der Waals surface area contributed by atoms with Crippen molar-refractivity contribution in [1.82, 2.24) is 9.62 Å². The molecule has 2 heterocycles. The van der Waals surface area contributed by atoms with Crippen molar-refractivity contribution < 1.29 is 23.1 Å². The first kappa shape index (κ1) is 18.4. The van der Waals surface area contributed by atoms with Crippen molar-refractivity contribution in [3.8, 4) is 0 Å². The molecule has 3 rings (SSSR count). The van der Waals surface area contributed by atoms with Gasteiger partial charge in [0.05, 0.1) is 4.90 Å². The first-order chi connectivity index (χ1) is 12.4. The fourth-order valence-electron chi connectivity index (χ4n) is 3.30. The highest BCUT2D eigenvalue weighted by Gasteiger charge is 2.32. The summed E-state index contributed by atoms with van der Waals surface area (Å²) in [4.78, 5) is 29.5. The molecule has 0 bridgehead atoms. The molecule has 0 aliphatic carbocycles. The lowest BCUT2D eigenvalue weighted by atomic mass is 10.0. The number of piperidine rings is 1. The highest BCUT2D eigenvalue weighted by molar-refractivity contribution is 7.90. The fraction of sp³-hybridized carbons (Fsp3) is 0.471. The number of carboxylic acids is 1. The Labute approximate surface area is 152 Å². The summed E-state index contributed by atoms with van der Waals surface area (Å²) in [6.07, 6.45) is 2.73. The van der Waals surface area contributed by atoms with E-state index in [1.807, 2.05) is 0 Å². The number of hydrogen-bond acceptors (Lipinski definition) is 5. The Hall–Kier alpha value is -2.42. The highest BCUT2D eigenvalue weighted by atomic mass is 32.2. The molecule has 1 aromatic carbocycles. The smallest absolute Gasteiger partial charge is 0.326 e. The molecule has 0 saturated carbocycles. The zero-order valence-electron chi connectivity index (χ0n) is 14.2. The van der Waals surface area contributed by atoms with Crippen molar-refractivity contribution in [3.05, 3.63) is 29.8 Å². The quantitative estimate of drug-likeness (QED) is 0.740. The molecular formula is C17H21N3O5S. The standard InChI is InChI=1S/C17H21N3O5S/c21-15(20-11-4-3-7-13(20)17(22)23)9-5-10-18-16-12-6-1-2-8-14(12)26(24,25)19-16/h1-2,6,8,13H,3-5,7,9-11H2,(H,18,19)(H,22,23). The predicted molar refractivity (Wildman–Crippen MR) is 94.4 cm³/mol. The minimum absolute atomic E-state index is 0.189. The second-order valence-corrected chi connectivity index (χ2v) is 8.02. The molecule has 0 spiro atoms. The maximum absolute atomic E-state index is 12.3. The first-order valence-electron chi connectivity index (χ1n) is 8.59. The molecule has 0 radical (unpaired) electrons. The van der Waals surface area contributed by atoms with E-state index in [1.165, 1.54) is 11.0 Å². The number of sulfonamides is 1. The van der Waals surface area contributed by atoms with Gasteiger partial charge < -0.3 is 10.0 Å². The molecule has 2 aliphatic heterocycles. The normalized spacial score (nSPS) is 22.7. The van der Waals surface area contributed by atoms with E-state index in [-0.39, 0.29) is 29.6 Å². The number of amides is 1. The van der Waals surface area contributed by atoms with Gasteiger partial charge in [-0.25, -0.2) is 13.2 Å². The summed E-state index contributed by atoms with van der Waals surface area (Å²) in [6, 6.07) is 5.85. The molecule has 1 aromatic rings. The van der Waals surface area contributed by atoms with Gasteiger partial charge in [0.15, 0.2) is 0 Å². The van der Waals surface area contributed by atoms with Crippen molar-refractivity contribution in [2.24, 2.45) is 4.99 Å². The lowest BCUT2D eigenvalue weighted by Crippen LogP contribution is -2.47. The van der Waals surface area contributed by atoms with Gasteiger partial charge in [0.2, 0.25) is 5.91 Å². The van der Waals surface area contributed by atoms with E-state index in [1.54, 1.807) is 18.2 Å². The second-order valence-electron chi connectivity index (χ2n) is 6.37. The number of carbonyl (C=O) groups is 2. The number of hydrogen-bond donors (Lipinski definition) is 2. The zero-order chi connectivity index (χ0) is 18.7. The van der Waals surface area contributed by atoms with Gasteiger partial charge in [-0.3, -0.25) is 14.5 Å². The lowest BCUT2D eigenvalue weighted by Gasteiger charge is -2.33. The van der Waals surface area contributed by atoms with Crippen molar-refractivity contribution in [2.75, 3.05) is 13.1 Å². The van der Waals surface area contributed by atoms with Gasteiger partial charge in [-0.2, -0.15) is 0 Å². The molecule has 1 amide bonds. The fourth-order valence-corrected chi connectivity index (χ4v) is 4.55. The van der Waals surface area contributed by atoms with E-state index < -0.39 is 22.0 Å². The van der Waals surface area contributed by atoms with Gasteiger partial charge in [0.25, 0.3) is 10.0 Å². The van der Waals surface area contributed by atoms with Gasteiger partial charge in [0, 0.05) is 25.1 Å². The maximum Gasteiger partial charge on any atom is 0.326 e. The van der Waals surface area contributed by atoms with Gasteiger partial charge >= 0.3 is 5.97 Å². The molecule has 26 heavy (non-hydrogen) atoms. The van der Waals surface area contributed by atoms with Crippen LogP contribution in [-0.4, -0.2) is 55.3 Å². The molecule has 1 atom stereocenters. The third-order valence-electron chi connectivity index (χ3n) is 4.59. The molecule has 1 unspecified atom stereocenters. The Morgan fingerprint density at radius 3 is 2.81 bits per heavy atom. The highest BCUT2D eigenvalue weighted by Crippen LogP contribution is 2.22. The summed E-state index contributed by atoms with van der Waals surface area (Å²) >= 11 is 0. The molecule has 9 heteroatoms. The van der Waals surface area contributed by atoms with Crippen molar-refractivity contribution in [2.45, 2.75) is 43.0 Å². The number of fused-ring (bicyclic) bond motifs is 1. The number of carboxylic acid groups (broad SMARTS) is 1. The van der Waals surface area contributed by atoms with Crippen LogP contribution < -0.4 is 4.72 Å². The van der Waals surface area contributed by atoms with Gasteiger partial charge in [-0.15, -0.1) is 0 Å². The first-order valence-corrected chi connectivity index (χ1v) is 10.1. The van der Waals surface area contributed by atoms with Gasteiger partial charge in [-0.05, 0) is 37.8 Å². The summed E-state index contributed by atoms with van der Waals surface area (Å²) in [5.74, 6) is -0.866. The summed E-state index contributed by atoms with van der Waals surface area (Å²) in [6.45, 7) is 0.751. The van der Waals surface area contributed by atoms with Crippen LogP contribution in [0, 0.1) is 0 Å². The van der Waals surface area contributed by atoms with E-state index in [9.17, 15) is 23.1 Å². The van der Waals surface area contributed by atoms with E-state index >= 15 is 0 Å². The number of carbonyl (C=O) groups excluding carboxylic acids is 1. The van der Waals surface area contributed by atoms with Gasteiger partial charge in [0.1, 0.15) is 11.9 Å². The van der Waals surface area contributed by atoms with Crippen LogP contribution in [-0.2, 0) is 19.6 Å². The Balaban J connectivity index is 1.58. The Bertz CT molecular complexity index is 850. The SMILES string of the molecule is O=C(O)C1CCCCN1C(=O)CCCN=C1NS(=O)(=O)c2ccccc21. The third kappa shape index (κ3) is 3.72. The van der Waals surface area contributed by atoms with Crippen LogP contribution in [0.5, 0.6) is 0 Å². The van der Waals surface area contributed by atoms with E-state index in [0.29, 0.717) is 24.9 Å². The molecule has 2 N–H and O–H groups in total. The number of nitrogens with zero attached hydrogens (tertiary/aromatic N) is 2. The maximum atomic E-state index is 12.3. The Morgan fingerprint density at radius 1 is 1.27 bits per heavy atom. The van der Waals surface area contributed by atoms with E-state index in [4.69, 9.17) is 0 Å². The predicted octanol–water partition coefficient (Wildman–Crippen LogP) is 0.971. The van der Waals surface area contributed by atoms with Crippen LogP contribution in [0.25, 0.3) is 0 Å². The average molecular weight is 379 g/mol. The molecule has 0 aromatic heterocycles. The summed E-state index contributed by atoms with van der Waals surface area (Å²) in [5, 5.41) is 9.23. The largest absolute Gasteiger partial charge is 0.480 e. The van der Waals surface area contributed by atoms with Crippen LogP contribution in [0.4, 0.5) is 0 Å². The van der Waals surface area contributed by atoms with Crippen LogP contribution >= 0.6 is 0 Å². The Kier molecular flexibility index (Phi) is 5.26. The van der Waals surface area contributed by atoms with Crippen LogP contribution in [0.2, 0.25) is 0 Å². The van der Waals surface area contributed by atoms with Crippen molar-refractivity contribution >= 4 is 27.7 Å². The zero-order valence-corrected chi connectivity index (χ0v) is 15.0. The summed E-state index contributed by atoms with van der Waals surface area (Å²) in [7, 11) is -3.56. The number of nitrogens with one attached hydrogen (secondary N) is 1. The minimum atomic E-state index is -3.56. The lowest BCUT2D eigenvalue weighted by molar-refractivity contribution is -0.152. The molecule has 1 saturated heterocycles. The number of aliphatic imine (C=N–C) groups is 1. The number of likely N-dealkylation sites (tertiary alicyclic amines) is 1. The molecule has 140 valence electrons. The monoisotopic (exact) mass is 379 g/mol. The molecule has 1 fully saturated rings. The number of amidine groups is 1. The third-order valence-corrected chi connectivity index (χ3v) is 5.99. The van der Waals surface area contributed by atoms with Crippen LogP contribution in [0.15, 0.2) is 34.2 Å². The molecular weight excluding hydrogens is 358 g/mol. The van der Waals surface area contributed by atoms with Crippen LogP contribution in [0.3, 0.4) is 0 Å². The number of benzene rings is 1. The number of aliphatic carboxylic acids is 1. The summed E-state index contributed by atoms with van der Waals surface area (Å²) in [5.41, 5.74) is 0.529. The van der Waals surface area contributed by atoms with Gasteiger partial charge in [-0.1, -0.05) is 12.1 Å². The van der Waals surface area contributed by atoms with E-state index in [0.717, 1.165) is 12.8 Å². The van der Waals surface area contributed by atoms with Crippen LogP contribution in [0.1, 0.15) is 37.7 Å². The summed E-state index contributed by atoms with van der Waals surface area (Å²) < 4.78 is 26.4. The van der Waals surface area contributed by atoms with Crippen molar-refractivity contribution in [3.63, 3.8) is 0 Å². The van der Waals surface area contributed by atoms with Crippen molar-refractivity contribution in [1.29, 1.82) is 0 Å². The Morgan fingerprint density at radius 2 is 2.04 bits per heavy atom.